The van der Waals surface area contributed by atoms with E-state index in [2.05, 4.69) is 27.8 Å². The standard InChI is InChI=1S/C22H31N3O3.HI/c1-5-27-20-11-10-17(15-21(20)28-6-2)12-13-24-22(23-3)25-16-18-8-7-9-19(14-18)26-4;/h7-11,14-15H,5-6,12-13,16H2,1-4H3,(H2,23,24,25);1H. The number of nitrogens with one attached hydrogen (secondary N) is 2. The molecule has 0 aliphatic carbocycles. The normalized spacial score (nSPS) is 10.7. The van der Waals surface area contributed by atoms with Gasteiger partial charge in [-0.05, 0) is 55.7 Å². The number of guanidine groups is 1. The molecule has 2 N–H and O–H groups in total. The summed E-state index contributed by atoms with van der Waals surface area (Å²) in [6, 6.07) is 14.1. The van der Waals surface area contributed by atoms with Gasteiger partial charge in [-0.3, -0.25) is 4.99 Å². The van der Waals surface area contributed by atoms with E-state index in [4.69, 9.17) is 14.2 Å². The Morgan fingerprint density at radius 2 is 1.69 bits per heavy atom. The third-order valence-electron chi connectivity index (χ3n) is 4.13. The summed E-state index contributed by atoms with van der Waals surface area (Å²) in [4.78, 5) is 4.28. The van der Waals surface area contributed by atoms with Crippen LogP contribution in [0.3, 0.4) is 0 Å². The molecule has 2 aromatic carbocycles. The number of nitrogens with zero attached hydrogens (tertiary/aromatic N) is 1. The molecule has 0 aromatic heterocycles. The topological polar surface area (TPSA) is 64.1 Å². The summed E-state index contributed by atoms with van der Waals surface area (Å²) >= 11 is 0. The lowest BCUT2D eigenvalue weighted by atomic mass is 10.1. The van der Waals surface area contributed by atoms with Crippen molar-refractivity contribution >= 4 is 29.9 Å². The first-order valence-corrected chi connectivity index (χ1v) is 9.66. The lowest BCUT2D eigenvalue weighted by molar-refractivity contribution is 0.287. The minimum Gasteiger partial charge on any atom is -0.497 e. The molecule has 7 heteroatoms. The summed E-state index contributed by atoms with van der Waals surface area (Å²) in [6.45, 7) is 6.62. The zero-order valence-corrected chi connectivity index (χ0v) is 20.0. The van der Waals surface area contributed by atoms with Gasteiger partial charge in [0.1, 0.15) is 5.75 Å². The number of aliphatic imine (C=N–C) groups is 1. The molecule has 0 spiro atoms. The SMILES string of the molecule is CCOc1ccc(CCNC(=NC)NCc2cccc(OC)c2)cc1OCC.I. The third kappa shape index (κ3) is 8.39. The Hall–Kier alpha value is -2.16. The molecule has 0 fully saturated rings. The monoisotopic (exact) mass is 513 g/mol. The Labute approximate surface area is 191 Å². The van der Waals surface area contributed by atoms with E-state index < -0.39 is 0 Å². The number of rotatable bonds is 10. The van der Waals surface area contributed by atoms with E-state index in [1.807, 2.05) is 44.2 Å². The second-order valence-corrected chi connectivity index (χ2v) is 6.10. The molecular weight excluding hydrogens is 481 g/mol. The van der Waals surface area contributed by atoms with Crippen molar-refractivity contribution in [2.75, 3.05) is 33.9 Å². The number of hydrogen-bond acceptors (Lipinski definition) is 4. The number of halogens is 1. The number of hydrogen-bond donors (Lipinski definition) is 2. The van der Waals surface area contributed by atoms with Crippen LogP contribution in [-0.2, 0) is 13.0 Å². The van der Waals surface area contributed by atoms with E-state index in [9.17, 15) is 0 Å². The number of benzene rings is 2. The molecule has 0 saturated carbocycles. The summed E-state index contributed by atoms with van der Waals surface area (Å²) in [6.07, 6.45) is 0.854. The molecule has 0 aliphatic rings. The molecule has 29 heavy (non-hydrogen) atoms. The van der Waals surface area contributed by atoms with Crippen LogP contribution in [0, 0.1) is 0 Å². The largest absolute Gasteiger partial charge is 0.497 e. The Morgan fingerprint density at radius 1 is 0.931 bits per heavy atom. The highest BCUT2D eigenvalue weighted by molar-refractivity contribution is 14.0. The quantitative estimate of drug-likeness (QED) is 0.286. The fourth-order valence-corrected chi connectivity index (χ4v) is 2.77. The van der Waals surface area contributed by atoms with Crippen molar-refractivity contribution in [2.45, 2.75) is 26.8 Å². The minimum atomic E-state index is 0. The molecule has 0 aliphatic heterocycles. The van der Waals surface area contributed by atoms with E-state index in [0.717, 1.165) is 41.7 Å². The summed E-state index contributed by atoms with van der Waals surface area (Å²) in [5, 5.41) is 6.66. The van der Waals surface area contributed by atoms with Crippen LogP contribution in [0.25, 0.3) is 0 Å². The van der Waals surface area contributed by atoms with Gasteiger partial charge in [-0.25, -0.2) is 0 Å². The van der Waals surface area contributed by atoms with Crippen molar-refractivity contribution in [2.24, 2.45) is 4.99 Å². The minimum absolute atomic E-state index is 0. The molecule has 2 rings (SSSR count). The van der Waals surface area contributed by atoms with Crippen LogP contribution in [0.4, 0.5) is 0 Å². The van der Waals surface area contributed by atoms with Gasteiger partial charge in [0.25, 0.3) is 0 Å². The Morgan fingerprint density at radius 3 is 2.38 bits per heavy atom. The third-order valence-corrected chi connectivity index (χ3v) is 4.13. The van der Waals surface area contributed by atoms with Crippen molar-refractivity contribution in [1.29, 1.82) is 0 Å². The molecule has 0 radical (unpaired) electrons. The highest BCUT2D eigenvalue weighted by Gasteiger charge is 2.06. The highest BCUT2D eigenvalue weighted by Crippen LogP contribution is 2.28. The van der Waals surface area contributed by atoms with Gasteiger partial charge in [0.15, 0.2) is 17.5 Å². The van der Waals surface area contributed by atoms with Gasteiger partial charge in [-0.15, -0.1) is 24.0 Å². The average Bonchev–Trinajstić information content (AvgIpc) is 2.72. The Bertz CT molecular complexity index is 769. The van der Waals surface area contributed by atoms with Crippen LogP contribution < -0.4 is 24.8 Å². The van der Waals surface area contributed by atoms with Gasteiger partial charge in [-0.2, -0.15) is 0 Å². The fourth-order valence-electron chi connectivity index (χ4n) is 2.77. The molecule has 6 nitrogen and oxygen atoms in total. The second-order valence-electron chi connectivity index (χ2n) is 6.10. The predicted octanol–water partition coefficient (Wildman–Crippen LogP) is 4.02. The van der Waals surface area contributed by atoms with Gasteiger partial charge >= 0.3 is 0 Å². The molecule has 0 atom stereocenters. The maximum absolute atomic E-state index is 5.69. The van der Waals surface area contributed by atoms with Crippen molar-refractivity contribution in [3.8, 4) is 17.2 Å². The zero-order chi connectivity index (χ0) is 20.2. The van der Waals surface area contributed by atoms with E-state index >= 15 is 0 Å². The molecule has 160 valence electrons. The summed E-state index contributed by atoms with van der Waals surface area (Å²) in [7, 11) is 3.44. The molecule has 0 heterocycles. The summed E-state index contributed by atoms with van der Waals surface area (Å²) < 4.78 is 16.6. The van der Waals surface area contributed by atoms with Crippen LogP contribution in [0.1, 0.15) is 25.0 Å². The molecule has 0 amide bonds. The average molecular weight is 513 g/mol. The van der Waals surface area contributed by atoms with Gasteiger partial charge in [0, 0.05) is 20.1 Å². The van der Waals surface area contributed by atoms with Crippen molar-refractivity contribution in [3.63, 3.8) is 0 Å². The van der Waals surface area contributed by atoms with Crippen molar-refractivity contribution in [3.05, 3.63) is 53.6 Å². The van der Waals surface area contributed by atoms with Crippen molar-refractivity contribution < 1.29 is 14.2 Å². The number of ether oxygens (including phenoxy) is 3. The Balaban J connectivity index is 0.00000420. The van der Waals surface area contributed by atoms with E-state index in [-0.39, 0.29) is 24.0 Å². The number of methoxy groups -OCH3 is 1. The van der Waals surface area contributed by atoms with E-state index in [1.165, 1.54) is 5.56 Å². The maximum atomic E-state index is 5.69. The maximum Gasteiger partial charge on any atom is 0.191 e. The summed E-state index contributed by atoms with van der Waals surface area (Å²) in [5.41, 5.74) is 2.32. The lowest BCUT2D eigenvalue weighted by Crippen LogP contribution is -2.37. The van der Waals surface area contributed by atoms with Gasteiger partial charge in [-0.1, -0.05) is 18.2 Å². The van der Waals surface area contributed by atoms with Gasteiger partial charge in [0.2, 0.25) is 0 Å². The zero-order valence-electron chi connectivity index (χ0n) is 17.7. The van der Waals surface area contributed by atoms with Crippen LogP contribution in [0.5, 0.6) is 17.2 Å². The van der Waals surface area contributed by atoms with E-state index in [1.54, 1.807) is 14.2 Å². The van der Waals surface area contributed by atoms with E-state index in [0.29, 0.717) is 19.8 Å². The summed E-state index contributed by atoms with van der Waals surface area (Å²) in [5.74, 6) is 3.20. The smallest absolute Gasteiger partial charge is 0.191 e. The van der Waals surface area contributed by atoms with Crippen molar-refractivity contribution in [1.82, 2.24) is 10.6 Å². The van der Waals surface area contributed by atoms with Crippen LogP contribution in [0.15, 0.2) is 47.5 Å². The molecule has 2 aromatic rings. The highest BCUT2D eigenvalue weighted by atomic mass is 127. The van der Waals surface area contributed by atoms with Crippen LogP contribution in [0.2, 0.25) is 0 Å². The second kappa shape index (κ2) is 13.9. The van der Waals surface area contributed by atoms with Gasteiger partial charge in [0.05, 0.1) is 20.3 Å². The van der Waals surface area contributed by atoms with Gasteiger partial charge < -0.3 is 24.8 Å². The fraction of sp³-hybridized carbons (Fsp3) is 0.409. The first-order chi connectivity index (χ1) is 13.7. The first-order valence-electron chi connectivity index (χ1n) is 9.66. The van der Waals surface area contributed by atoms with Crippen LogP contribution >= 0.6 is 24.0 Å². The first kappa shape index (κ1) is 24.9. The molecule has 0 unspecified atom stereocenters. The molecule has 0 saturated heterocycles. The lowest BCUT2D eigenvalue weighted by Gasteiger charge is -2.14. The Kier molecular flexibility index (Phi) is 11.9. The van der Waals surface area contributed by atoms with Crippen LogP contribution in [-0.4, -0.2) is 39.9 Å². The molecule has 0 bridgehead atoms. The molecular formula is C22H32IN3O3. The predicted molar refractivity (Wildman–Crippen MR) is 129 cm³/mol.